The van der Waals surface area contributed by atoms with Gasteiger partial charge < -0.3 is 10.2 Å². The number of aryl methyl sites for hydroxylation is 2. The van der Waals surface area contributed by atoms with E-state index in [0.717, 1.165) is 11.1 Å². The normalized spacial score (nSPS) is 10.2. The van der Waals surface area contributed by atoms with Crippen LogP contribution in [0.15, 0.2) is 42.5 Å². The van der Waals surface area contributed by atoms with Crippen LogP contribution in [0.25, 0.3) is 0 Å². The molecule has 0 heterocycles. The lowest BCUT2D eigenvalue weighted by molar-refractivity contribution is 0.0827. The van der Waals surface area contributed by atoms with Crippen molar-refractivity contribution in [1.29, 1.82) is 0 Å². The summed E-state index contributed by atoms with van der Waals surface area (Å²) in [6.45, 7) is 3.98. The predicted molar refractivity (Wildman–Crippen MR) is 88.3 cm³/mol. The summed E-state index contributed by atoms with van der Waals surface area (Å²) in [5, 5.41) is 2.83. The second kappa shape index (κ2) is 6.43. The molecule has 0 radical (unpaired) electrons. The Bertz CT molecular complexity index is 721. The zero-order valence-electron chi connectivity index (χ0n) is 13.3. The average Bonchev–Trinajstić information content (AvgIpc) is 2.49. The standard InChI is InChI=1S/C18H20N2O2/c1-12-8-9-14(10-13(12)2)17(21)19-16-7-5-6-15(11-16)18(22)20(3)4/h5-11H,1-4H3,(H,19,21). The fraction of sp³-hybridized carbons (Fsp3) is 0.222. The molecule has 2 aromatic carbocycles. The molecular weight excluding hydrogens is 276 g/mol. The smallest absolute Gasteiger partial charge is 0.255 e. The molecule has 2 aromatic rings. The topological polar surface area (TPSA) is 49.4 Å². The molecule has 0 aliphatic heterocycles. The molecule has 2 rings (SSSR count). The van der Waals surface area contributed by atoms with Gasteiger partial charge in [-0.3, -0.25) is 9.59 Å². The van der Waals surface area contributed by atoms with Crippen molar-refractivity contribution in [2.24, 2.45) is 0 Å². The van der Waals surface area contributed by atoms with Crippen LogP contribution in [0.5, 0.6) is 0 Å². The molecule has 4 nitrogen and oxygen atoms in total. The number of rotatable bonds is 3. The van der Waals surface area contributed by atoms with Crippen LogP contribution in [0.1, 0.15) is 31.8 Å². The maximum atomic E-state index is 12.3. The molecule has 114 valence electrons. The lowest BCUT2D eigenvalue weighted by Gasteiger charge is -2.12. The summed E-state index contributed by atoms with van der Waals surface area (Å²) >= 11 is 0. The molecule has 0 fully saturated rings. The first-order chi connectivity index (χ1) is 10.4. The molecule has 2 amide bonds. The first-order valence-electron chi connectivity index (χ1n) is 7.09. The van der Waals surface area contributed by atoms with E-state index in [-0.39, 0.29) is 11.8 Å². The van der Waals surface area contributed by atoms with Crippen LogP contribution in [0, 0.1) is 13.8 Å². The molecule has 1 N–H and O–H groups in total. The van der Waals surface area contributed by atoms with Crippen LogP contribution < -0.4 is 5.32 Å². The molecule has 0 unspecified atom stereocenters. The number of hydrogen-bond donors (Lipinski definition) is 1. The van der Waals surface area contributed by atoms with E-state index in [4.69, 9.17) is 0 Å². The van der Waals surface area contributed by atoms with Gasteiger partial charge in [0.15, 0.2) is 0 Å². The number of amides is 2. The van der Waals surface area contributed by atoms with Crippen LogP contribution >= 0.6 is 0 Å². The van der Waals surface area contributed by atoms with E-state index in [0.29, 0.717) is 16.8 Å². The molecular formula is C18H20N2O2. The van der Waals surface area contributed by atoms with Crippen LogP contribution in [0.2, 0.25) is 0 Å². The maximum absolute atomic E-state index is 12.3. The summed E-state index contributed by atoms with van der Waals surface area (Å²) in [6, 6.07) is 12.5. The van der Waals surface area contributed by atoms with Crippen LogP contribution in [-0.2, 0) is 0 Å². The Kier molecular flexibility index (Phi) is 4.61. The van der Waals surface area contributed by atoms with Crippen LogP contribution in [0.4, 0.5) is 5.69 Å². The zero-order valence-corrected chi connectivity index (χ0v) is 13.3. The fourth-order valence-corrected chi connectivity index (χ4v) is 2.07. The van der Waals surface area contributed by atoms with Gasteiger partial charge in [0.05, 0.1) is 0 Å². The lowest BCUT2D eigenvalue weighted by Crippen LogP contribution is -2.22. The molecule has 0 aliphatic carbocycles. The molecule has 0 spiro atoms. The van der Waals surface area contributed by atoms with Crippen molar-refractivity contribution >= 4 is 17.5 Å². The van der Waals surface area contributed by atoms with E-state index in [1.165, 1.54) is 4.90 Å². The van der Waals surface area contributed by atoms with Crippen LogP contribution in [0.3, 0.4) is 0 Å². The third-order valence-corrected chi connectivity index (χ3v) is 3.54. The highest BCUT2D eigenvalue weighted by molar-refractivity contribution is 6.05. The number of benzene rings is 2. The van der Waals surface area contributed by atoms with E-state index < -0.39 is 0 Å². The zero-order chi connectivity index (χ0) is 16.3. The molecule has 0 saturated carbocycles. The Morgan fingerprint density at radius 3 is 2.27 bits per heavy atom. The Balaban J connectivity index is 2.19. The summed E-state index contributed by atoms with van der Waals surface area (Å²) in [5.74, 6) is -0.278. The summed E-state index contributed by atoms with van der Waals surface area (Å²) in [4.78, 5) is 25.7. The van der Waals surface area contributed by atoms with Crippen molar-refractivity contribution in [1.82, 2.24) is 4.90 Å². The summed E-state index contributed by atoms with van der Waals surface area (Å²) < 4.78 is 0. The highest BCUT2D eigenvalue weighted by Gasteiger charge is 2.11. The van der Waals surface area contributed by atoms with Crippen molar-refractivity contribution in [3.63, 3.8) is 0 Å². The van der Waals surface area contributed by atoms with Gasteiger partial charge >= 0.3 is 0 Å². The Hall–Kier alpha value is -2.62. The predicted octanol–water partition coefficient (Wildman–Crippen LogP) is 3.26. The second-order valence-electron chi connectivity index (χ2n) is 5.53. The first kappa shape index (κ1) is 15.8. The lowest BCUT2D eigenvalue weighted by atomic mass is 10.1. The van der Waals surface area contributed by atoms with E-state index in [9.17, 15) is 9.59 Å². The van der Waals surface area contributed by atoms with E-state index in [1.807, 2.05) is 26.0 Å². The average molecular weight is 296 g/mol. The number of nitrogens with zero attached hydrogens (tertiary/aromatic N) is 1. The Morgan fingerprint density at radius 1 is 0.909 bits per heavy atom. The van der Waals surface area contributed by atoms with Gasteiger partial charge in [-0.05, 0) is 55.3 Å². The van der Waals surface area contributed by atoms with Crippen molar-refractivity contribution < 1.29 is 9.59 Å². The molecule has 0 aromatic heterocycles. The van der Waals surface area contributed by atoms with E-state index >= 15 is 0 Å². The van der Waals surface area contributed by atoms with Crippen LogP contribution in [-0.4, -0.2) is 30.8 Å². The van der Waals surface area contributed by atoms with Gasteiger partial charge in [0.25, 0.3) is 11.8 Å². The van der Waals surface area contributed by atoms with Crippen molar-refractivity contribution in [3.05, 3.63) is 64.7 Å². The fourth-order valence-electron chi connectivity index (χ4n) is 2.07. The number of carbonyl (C=O) groups excluding carboxylic acids is 2. The molecule has 22 heavy (non-hydrogen) atoms. The van der Waals surface area contributed by atoms with Gasteiger partial charge in [-0.15, -0.1) is 0 Å². The van der Waals surface area contributed by atoms with Gasteiger partial charge in [0, 0.05) is 30.9 Å². The summed E-state index contributed by atoms with van der Waals surface area (Å²) in [7, 11) is 3.39. The third-order valence-electron chi connectivity index (χ3n) is 3.54. The maximum Gasteiger partial charge on any atom is 0.255 e. The number of nitrogens with one attached hydrogen (secondary N) is 1. The molecule has 0 saturated heterocycles. The minimum Gasteiger partial charge on any atom is -0.345 e. The summed E-state index contributed by atoms with van der Waals surface area (Å²) in [6.07, 6.45) is 0. The quantitative estimate of drug-likeness (QED) is 0.945. The Labute approximate surface area is 130 Å². The SMILES string of the molecule is Cc1ccc(C(=O)Nc2cccc(C(=O)N(C)C)c2)cc1C. The summed E-state index contributed by atoms with van der Waals surface area (Å²) in [5.41, 5.74) is 3.98. The van der Waals surface area contributed by atoms with E-state index in [1.54, 1.807) is 44.4 Å². The monoisotopic (exact) mass is 296 g/mol. The molecule has 4 heteroatoms. The molecule has 0 bridgehead atoms. The minimum absolute atomic E-state index is 0.0951. The van der Waals surface area contributed by atoms with Crippen molar-refractivity contribution in [2.45, 2.75) is 13.8 Å². The molecule has 0 aliphatic rings. The number of carbonyl (C=O) groups is 2. The van der Waals surface area contributed by atoms with Gasteiger partial charge in [-0.2, -0.15) is 0 Å². The minimum atomic E-state index is -0.183. The van der Waals surface area contributed by atoms with Gasteiger partial charge in [-0.1, -0.05) is 12.1 Å². The van der Waals surface area contributed by atoms with Crippen molar-refractivity contribution in [3.8, 4) is 0 Å². The van der Waals surface area contributed by atoms with Gasteiger partial charge in [-0.25, -0.2) is 0 Å². The highest BCUT2D eigenvalue weighted by atomic mass is 16.2. The third kappa shape index (κ3) is 3.52. The highest BCUT2D eigenvalue weighted by Crippen LogP contribution is 2.15. The number of hydrogen-bond acceptors (Lipinski definition) is 2. The van der Waals surface area contributed by atoms with Crippen molar-refractivity contribution in [2.75, 3.05) is 19.4 Å². The van der Waals surface area contributed by atoms with E-state index in [2.05, 4.69) is 5.32 Å². The second-order valence-corrected chi connectivity index (χ2v) is 5.53. The molecule has 0 atom stereocenters. The van der Waals surface area contributed by atoms with Gasteiger partial charge in [0.2, 0.25) is 0 Å². The Morgan fingerprint density at radius 2 is 1.64 bits per heavy atom. The number of anilines is 1. The largest absolute Gasteiger partial charge is 0.345 e. The first-order valence-corrected chi connectivity index (χ1v) is 7.09. The van der Waals surface area contributed by atoms with Gasteiger partial charge in [0.1, 0.15) is 0 Å².